The smallest absolute Gasteiger partial charge is 0.227 e. The first-order valence-electron chi connectivity index (χ1n) is 6.79. The first kappa shape index (κ1) is 14.2. The molecule has 0 fully saturated rings. The number of nitrogens with zero attached hydrogens (tertiary/aromatic N) is 4. The Hall–Kier alpha value is -2.24. The van der Waals surface area contributed by atoms with Crippen molar-refractivity contribution in [3.63, 3.8) is 0 Å². The molecule has 2 rings (SSSR count). The Kier molecular flexibility index (Phi) is 4.45. The van der Waals surface area contributed by atoms with E-state index in [9.17, 15) is 4.79 Å². The molecule has 106 valence electrons. The van der Waals surface area contributed by atoms with Gasteiger partial charge in [-0.1, -0.05) is 13.8 Å². The fraction of sp³-hybridized carbons (Fsp3) is 0.429. The van der Waals surface area contributed by atoms with Gasteiger partial charge in [0.15, 0.2) is 5.82 Å². The van der Waals surface area contributed by atoms with Gasteiger partial charge in [-0.3, -0.25) is 4.79 Å². The standard InChI is InChI=1S/C14H19N5O/c1-4-10(5-2)14(20)15-12-8-6-11(7-9-12)13-16-17-18-19(13)3/h6-10H,4-5H2,1-3H3,(H,15,20). The van der Waals surface area contributed by atoms with Crippen LogP contribution in [0.4, 0.5) is 5.69 Å². The van der Waals surface area contributed by atoms with Gasteiger partial charge < -0.3 is 5.32 Å². The van der Waals surface area contributed by atoms with Gasteiger partial charge in [-0.15, -0.1) is 5.10 Å². The van der Waals surface area contributed by atoms with Crippen molar-refractivity contribution in [2.45, 2.75) is 26.7 Å². The molecule has 20 heavy (non-hydrogen) atoms. The Morgan fingerprint density at radius 1 is 1.25 bits per heavy atom. The van der Waals surface area contributed by atoms with Gasteiger partial charge in [-0.05, 0) is 47.5 Å². The van der Waals surface area contributed by atoms with Crippen LogP contribution in [0.2, 0.25) is 0 Å². The van der Waals surface area contributed by atoms with Crippen LogP contribution in [0.3, 0.4) is 0 Å². The lowest BCUT2D eigenvalue weighted by molar-refractivity contribution is -0.120. The monoisotopic (exact) mass is 273 g/mol. The zero-order valence-electron chi connectivity index (χ0n) is 12.0. The van der Waals surface area contributed by atoms with Crippen LogP contribution in [0.5, 0.6) is 0 Å². The predicted molar refractivity (Wildman–Crippen MR) is 76.9 cm³/mol. The molecule has 1 heterocycles. The number of aromatic nitrogens is 4. The molecular weight excluding hydrogens is 254 g/mol. The SMILES string of the molecule is CCC(CC)C(=O)Nc1ccc(-c2nnnn2C)cc1. The van der Waals surface area contributed by atoms with Crippen LogP contribution in [-0.4, -0.2) is 26.1 Å². The first-order chi connectivity index (χ1) is 9.65. The minimum Gasteiger partial charge on any atom is -0.326 e. The summed E-state index contributed by atoms with van der Waals surface area (Å²) in [4.78, 5) is 12.0. The van der Waals surface area contributed by atoms with Gasteiger partial charge in [0.2, 0.25) is 5.91 Å². The van der Waals surface area contributed by atoms with E-state index in [1.165, 1.54) is 0 Å². The summed E-state index contributed by atoms with van der Waals surface area (Å²) in [5.41, 5.74) is 1.71. The summed E-state index contributed by atoms with van der Waals surface area (Å²) in [6.45, 7) is 4.05. The van der Waals surface area contributed by atoms with E-state index < -0.39 is 0 Å². The summed E-state index contributed by atoms with van der Waals surface area (Å²) in [6.07, 6.45) is 1.70. The van der Waals surface area contributed by atoms with Crippen molar-refractivity contribution in [2.24, 2.45) is 13.0 Å². The summed E-state index contributed by atoms with van der Waals surface area (Å²) in [7, 11) is 1.79. The van der Waals surface area contributed by atoms with E-state index >= 15 is 0 Å². The first-order valence-corrected chi connectivity index (χ1v) is 6.79. The lowest BCUT2D eigenvalue weighted by atomic mass is 10.0. The summed E-state index contributed by atoms with van der Waals surface area (Å²) < 4.78 is 1.61. The van der Waals surface area contributed by atoms with Crippen LogP contribution in [0.25, 0.3) is 11.4 Å². The van der Waals surface area contributed by atoms with Crippen LogP contribution in [0, 0.1) is 5.92 Å². The summed E-state index contributed by atoms with van der Waals surface area (Å²) >= 11 is 0. The maximum absolute atomic E-state index is 12.0. The van der Waals surface area contributed by atoms with Gasteiger partial charge in [-0.2, -0.15) is 0 Å². The molecule has 6 nitrogen and oxygen atoms in total. The third-order valence-electron chi connectivity index (χ3n) is 3.39. The van der Waals surface area contributed by atoms with E-state index in [4.69, 9.17) is 0 Å². The molecule has 0 aliphatic heterocycles. The number of carbonyl (C=O) groups excluding carboxylic acids is 1. The molecule has 0 aliphatic carbocycles. The lowest BCUT2D eigenvalue weighted by Gasteiger charge is -2.12. The highest BCUT2D eigenvalue weighted by atomic mass is 16.1. The van der Waals surface area contributed by atoms with E-state index in [1.54, 1.807) is 11.7 Å². The number of benzene rings is 1. The van der Waals surface area contributed by atoms with Crippen LogP contribution in [0.15, 0.2) is 24.3 Å². The second-order valence-electron chi connectivity index (χ2n) is 4.71. The molecule has 0 spiro atoms. The summed E-state index contributed by atoms with van der Waals surface area (Å²) in [6, 6.07) is 7.52. The van der Waals surface area contributed by atoms with E-state index in [0.29, 0.717) is 5.82 Å². The Balaban J connectivity index is 2.09. The third kappa shape index (κ3) is 3.01. The Labute approximate surface area is 118 Å². The van der Waals surface area contributed by atoms with E-state index in [-0.39, 0.29) is 11.8 Å². The van der Waals surface area contributed by atoms with E-state index in [2.05, 4.69) is 20.8 Å². The number of anilines is 1. The van der Waals surface area contributed by atoms with Crippen molar-refractivity contribution < 1.29 is 4.79 Å². The maximum atomic E-state index is 12.0. The number of hydrogen-bond acceptors (Lipinski definition) is 4. The van der Waals surface area contributed by atoms with E-state index in [0.717, 1.165) is 24.1 Å². The quantitative estimate of drug-likeness (QED) is 0.906. The van der Waals surface area contributed by atoms with Gasteiger partial charge in [0.1, 0.15) is 0 Å². The van der Waals surface area contributed by atoms with Crippen LogP contribution >= 0.6 is 0 Å². The molecule has 1 amide bonds. The number of tetrazole rings is 1. The molecule has 2 aromatic rings. The highest BCUT2D eigenvalue weighted by Gasteiger charge is 2.14. The minimum atomic E-state index is 0.0672. The summed E-state index contributed by atoms with van der Waals surface area (Å²) in [5, 5.41) is 14.3. The second-order valence-corrected chi connectivity index (χ2v) is 4.71. The molecule has 0 saturated heterocycles. The molecule has 1 N–H and O–H groups in total. The molecule has 1 aromatic carbocycles. The van der Waals surface area contributed by atoms with Gasteiger partial charge in [0.25, 0.3) is 0 Å². The van der Waals surface area contributed by atoms with Crippen molar-refractivity contribution in [3.8, 4) is 11.4 Å². The Morgan fingerprint density at radius 3 is 2.40 bits per heavy atom. The number of rotatable bonds is 5. The van der Waals surface area contributed by atoms with Crippen molar-refractivity contribution in [1.82, 2.24) is 20.2 Å². The number of amides is 1. The summed E-state index contributed by atoms with van der Waals surface area (Å²) in [5.74, 6) is 0.837. The lowest BCUT2D eigenvalue weighted by Crippen LogP contribution is -2.21. The highest BCUT2D eigenvalue weighted by molar-refractivity contribution is 5.92. The molecule has 0 saturated carbocycles. The fourth-order valence-electron chi connectivity index (χ4n) is 2.08. The van der Waals surface area contributed by atoms with Gasteiger partial charge in [0, 0.05) is 24.2 Å². The van der Waals surface area contributed by atoms with Crippen molar-refractivity contribution >= 4 is 11.6 Å². The van der Waals surface area contributed by atoms with Crippen molar-refractivity contribution in [1.29, 1.82) is 0 Å². The number of aryl methyl sites for hydroxylation is 1. The largest absolute Gasteiger partial charge is 0.326 e. The molecule has 1 aromatic heterocycles. The van der Waals surface area contributed by atoms with Crippen molar-refractivity contribution in [3.05, 3.63) is 24.3 Å². The maximum Gasteiger partial charge on any atom is 0.227 e. The van der Waals surface area contributed by atoms with Gasteiger partial charge in [-0.25, -0.2) is 4.68 Å². The normalized spacial score (nSPS) is 10.8. The molecule has 0 unspecified atom stereocenters. The highest BCUT2D eigenvalue weighted by Crippen LogP contribution is 2.19. The average molecular weight is 273 g/mol. The van der Waals surface area contributed by atoms with Crippen LogP contribution < -0.4 is 5.32 Å². The zero-order chi connectivity index (χ0) is 14.5. The number of carbonyl (C=O) groups is 1. The second kappa shape index (κ2) is 6.27. The number of hydrogen-bond donors (Lipinski definition) is 1. The molecule has 0 aliphatic rings. The topological polar surface area (TPSA) is 72.7 Å². The van der Waals surface area contributed by atoms with Crippen LogP contribution in [0.1, 0.15) is 26.7 Å². The Morgan fingerprint density at radius 2 is 1.90 bits per heavy atom. The zero-order valence-corrected chi connectivity index (χ0v) is 12.0. The number of nitrogens with one attached hydrogen (secondary N) is 1. The van der Waals surface area contributed by atoms with E-state index in [1.807, 2.05) is 38.1 Å². The molecule has 0 bridgehead atoms. The molecule has 0 radical (unpaired) electrons. The fourth-order valence-corrected chi connectivity index (χ4v) is 2.08. The molecular formula is C14H19N5O. The van der Waals surface area contributed by atoms with Gasteiger partial charge in [0.05, 0.1) is 0 Å². The molecule has 0 atom stereocenters. The van der Waals surface area contributed by atoms with Crippen LogP contribution in [-0.2, 0) is 11.8 Å². The minimum absolute atomic E-state index is 0.0672. The Bertz CT molecular complexity index is 572. The predicted octanol–water partition coefficient (Wildman–Crippen LogP) is 2.25. The third-order valence-corrected chi connectivity index (χ3v) is 3.39. The van der Waals surface area contributed by atoms with Gasteiger partial charge >= 0.3 is 0 Å². The van der Waals surface area contributed by atoms with Crippen molar-refractivity contribution in [2.75, 3.05) is 5.32 Å². The molecule has 6 heteroatoms. The average Bonchev–Trinajstić information content (AvgIpc) is 2.87.